The largest absolute Gasteiger partial charge is 0.392 e. The average Bonchev–Trinajstić information content (AvgIpc) is 2.46. The van der Waals surface area contributed by atoms with Gasteiger partial charge in [0, 0.05) is 4.90 Å². The fraction of sp³-hybridized carbons (Fsp3) is 0.200. The van der Waals surface area contributed by atoms with E-state index in [9.17, 15) is 9.32 Å². The Kier molecular flexibility index (Phi) is 4.28. The second kappa shape index (κ2) is 5.94. The topological polar surface area (TPSA) is 37.3 Å². The molecule has 0 saturated carbocycles. The van der Waals surface area contributed by atoms with E-state index in [0.717, 1.165) is 16.0 Å². The molecule has 2 atom stereocenters. The van der Waals surface area contributed by atoms with Crippen LogP contribution in [0, 0.1) is 0 Å². The Morgan fingerprint density at radius 3 is 2.33 bits per heavy atom. The minimum atomic E-state index is -1.15. The maximum absolute atomic E-state index is 12.5. The van der Waals surface area contributed by atoms with E-state index in [1.165, 1.54) is 0 Å². The molecule has 0 amide bonds. The van der Waals surface area contributed by atoms with Crippen LogP contribution < -0.4 is 0 Å². The fourth-order valence-corrected chi connectivity index (χ4v) is 3.26. The molecule has 0 fully saturated rings. The van der Waals surface area contributed by atoms with Crippen LogP contribution in [-0.4, -0.2) is 9.32 Å². The van der Waals surface area contributed by atoms with E-state index in [0.29, 0.717) is 0 Å². The lowest BCUT2D eigenvalue weighted by Crippen LogP contribution is -2.05. The van der Waals surface area contributed by atoms with Gasteiger partial charge in [-0.3, -0.25) is 4.21 Å². The van der Waals surface area contributed by atoms with Crippen molar-refractivity contribution in [2.45, 2.75) is 23.7 Å². The van der Waals surface area contributed by atoms with Gasteiger partial charge in [0.25, 0.3) is 0 Å². The minimum absolute atomic E-state index is 0.0799. The molecule has 0 aromatic heterocycles. The summed E-state index contributed by atoms with van der Waals surface area (Å²) in [7, 11) is -1.15. The molecule has 0 spiro atoms. The summed E-state index contributed by atoms with van der Waals surface area (Å²) in [6, 6.07) is 17.1. The van der Waals surface area contributed by atoms with Gasteiger partial charge in [0.15, 0.2) is 0 Å². The van der Waals surface area contributed by atoms with Crippen LogP contribution in [-0.2, 0) is 17.4 Å². The van der Waals surface area contributed by atoms with Crippen LogP contribution in [0.15, 0.2) is 59.5 Å². The molecule has 3 heteroatoms. The lowest BCUT2D eigenvalue weighted by Gasteiger charge is -2.14. The molecule has 2 rings (SSSR count). The van der Waals surface area contributed by atoms with Crippen LogP contribution >= 0.6 is 0 Å². The number of benzene rings is 2. The molecule has 0 radical (unpaired) electrons. The van der Waals surface area contributed by atoms with Crippen LogP contribution in [0.5, 0.6) is 0 Å². The average molecular weight is 260 g/mol. The molecule has 0 bridgehead atoms. The molecule has 0 aliphatic carbocycles. The van der Waals surface area contributed by atoms with Crippen LogP contribution in [0.4, 0.5) is 0 Å². The van der Waals surface area contributed by atoms with Gasteiger partial charge in [-0.1, -0.05) is 48.5 Å². The zero-order valence-corrected chi connectivity index (χ0v) is 11.1. The first-order valence-corrected chi connectivity index (χ1v) is 7.09. The molecule has 2 nitrogen and oxygen atoms in total. The smallest absolute Gasteiger partial charge is 0.0693 e. The minimum Gasteiger partial charge on any atom is -0.392 e. The Morgan fingerprint density at radius 1 is 1.06 bits per heavy atom. The van der Waals surface area contributed by atoms with Gasteiger partial charge in [0.2, 0.25) is 0 Å². The van der Waals surface area contributed by atoms with Gasteiger partial charge in [0.05, 0.1) is 22.7 Å². The third kappa shape index (κ3) is 2.68. The molecule has 2 aromatic rings. The van der Waals surface area contributed by atoms with Crippen molar-refractivity contribution in [1.29, 1.82) is 0 Å². The molecular formula is C15H16O2S. The highest BCUT2D eigenvalue weighted by Crippen LogP contribution is 2.26. The van der Waals surface area contributed by atoms with Gasteiger partial charge in [-0.15, -0.1) is 0 Å². The van der Waals surface area contributed by atoms with E-state index in [2.05, 4.69) is 0 Å². The molecule has 0 aliphatic rings. The first-order valence-electron chi connectivity index (χ1n) is 5.88. The van der Waals surface area contributed by atoms with Crippen LogP contribution in [0.2, 0.25) is 0 Å². The number of aliphatic hydroxyl groups is 1. The van der Waals surface area contributed by atoms with Crippen molar-refractivity contribution < 1.29 is 9.32 Å². The second-order valence-corrected chi connectivity index (χ2v) is 5.86. The van der Waals surface area contributed by atoms with Crippen molar-refractivity contribution in [2.24, 2.45) is 0 Å². The predicted octanol–water partition coefficient (Wildman–Crippen LogP) is 3.05. The summed E-state index contributed by atoms with van der Waals surface area (Å²) in [5.41, 5.74) is 1.78. The van der Waals surface area contributed by atoms with Crippen molar-refractivity contribution in [3.8, 4) is 0 Å². The number of aliphatic hydroxyl groups excluding tert-OH is 1. The van der Waals surface area contributed by atoms with E-state index in [-0.39, 0.29) is 11.9 Å². The Morgan fingerprint density at radius 2 is 1.67 bits per heavy atom. The lowest BCUT2D eigenvalue weighted by atomic mass is 10.2. The third-order valence-electron chi connectivity index (χ3n) is 2.95. The van der Waals surface area contributed by atoms with Gasteiger partial charge < -0.3 is 5.11 Å². The van der Waals surface area contributed by atoms with E-state index < -0.39 is 10.8 Å². The molecule has 0 saturated heterocycles. The van der Waals surface area contributed by atoms with Crippen LogP contribution in [0.3, 0.4) is 0 Å². The third-order valence-corrected chi connectivity index (χ3v) is 4.70. The molecule has 2 aromatic carbocycles. The Balaban J connectivity index is 2.32. The summed E-state index contributed by atoms with van der Waals surface area (Å²) in [6.45, 7) is 1.86. The first-order chi connectivity index (χ1) is 8.74. The van der Waals surface area contributed by atoms with Crippen LogP contribution in [0.1, 0.15) is 23.3 Å². The lowest BCUT2D eigenvalue weighted by molar-refractivity contribution is 0.278. The summed E-state index contributed by atoms with van der Waals surface area (Å²) in [6.07, 6.45) is 0. The SMILES string of the molecule is CC(c1ccccc1)S(=O)c1ccccc1CO. The number of hydrogen-bond acceptors (Lipinski definition) is 2. The molecular weight excluding hydrogens is 244 g/mol. The van der Waals surface area contributed by atoms with Crippen LogP contribution in [0.25, 0.3) is 0 Å². The van der Waals surface area contributed by atoms with Gasteiger partial charge in [-0.05, 0) is 24.1 Å². The van der Waals surface area contributed by atoms with Crippen molar-refractivity contribution >= 4 is 10.8 Å². The normalized spacial score (nSPS) is 14.1. The second-order valence-electron chi connectivity index (χ2n) is 4.12. The van der Waals surface area contributed by atoms with Crippen molar-refractivity contribution in [3.05, 3.63) is 65.7 Å². The summed E-state index contributed by atoms with van der Waals surface area (Å²) in [5.74, 6) is 0. The Bertz CT molecular complexity index is 537. The highest BCUT2D eigenvalue weighted by atomic mass is 32.2. The standard InChI is InChI=1S/C15H16O2S/c1-12(13-7-3-2-4-8-13)18(17)15-10-6-5-9-14(15)11-16/h2-10,12,16H,11H2,1H3. The highest BCUT2D eigenvalue weighted by Gasteiger charge is 2.17. The van der Waals surface area contributed by atoms with Gasteiger partial charge in [-0.25, -0.2) is 0 Å². The van der Waals surface area contributed by atoms with Gasteiger partial charge >= 0.3 is 0 Å². The first kappa shape index (κ1) is 13.0. The number of rotatable bonds is 4. The van der Waals surface area contributed by atoms with E-state index in [1.807, 2.05) is 61.5 Å². The molecule has 18 heavy (non-hydrogen) atoms. The summed E-state index contributed by atoms with van der Waals surface area (Å²) >= 11 is 0. The summed E-state index contributed by atoms with van der Waals surface area (Å²) in [4.78, 5) is 0.719. The molecule has 0 heterocycles. The van der Waals surface area contributed by atoms with E-state index in [1.54, 1.807) is 0 Å². The Hall–Kier alpha value is -1.45. The maximum atomic E-state index is 12.5. The zero-order chi connectivity index (χ0) is 13.0. The van der Waals surface area contributed by atoms with Gasteiger partial charge in [0.1, 0.15) is 0 Å². The number of hydrogen-bond donors (Lipinski definition) is 1. The molecule has 0 aliphatic heterocycles. The maximum Gasteiger partial charge on any atom is 0.0693 e. The monoisotopic (exact) mass is 260 g/mol. The molecule has 2 unspecified atom stereocenters. The van der Waals surface area contributed by atoms with Crippen molar-refractivity contribution in [2.75, 3.05) is 0 Å². The quantitative estimate of drug-likeness (QED) is 0.917. The highest BCUT2D eigenvalue weighted by molar-refractivity contribution is 7.85. The fourth-order valence-electron chi connectivity index (χ4n) is 1.87. The molecule has 94 valence electrons. The van der Waals surface area contributed by atoms with E-state index in [4.69, 9.17) is 0 Å². The molecule has 1 N–H and O–H groups in total. The zero-order valence-electron chi connectivity index (χ0n) is 10.2. The predicted molar refractivity (Wildman–Crippen MR) is 73.6 cm³/mol. The summed E-state index contributed by atoms with van der Waals surface area (Å²) < 4.78 is 12.5. The Labute approximate surface area is 110 Å². The van der Waals surface area contributed by atoms with Crippen molar-refractivity contribution in [3.63, 3.8) is 0 Å². The van der Waals surface area contributed by atoms with Gasteiger partial charge in [-0.2, -0.15) is 0 Å². The summed E-state index contributed by atoms with van der Waals surface area (Å²) in [5, 5.41) is 9.20. The van der Waals surface area contributed by atoms with E-state index >= 15 is 0 Å². The van der Waals surface area contributed by atoms with Crippen molar-refractivity contribution in [1.82, 2.24) is 0 Å².